The zero-order valence-electron chi connectivity index (χ0n) is 10.4. The van der Waals surface area contributed by atoms with Crippen molar-refractivity contribution < 1.29 is 14.3 Å². The van der Waals surface area contributed by atoms with E-state index in [1.165, 1.54) is 20.0 Å². The van der Waals surface area contributed by atoms with Crippen LogP contribution in [0.3, 0.4) is 0 Å². The van der Waals surface area contributed by atoms with Crippen LogP contribution < -0.4 is 11.1 Å². The Morgan fingerprint density at radius 3 is 2.94 bits per heavy atom. The van der Waals surface area contributed by atoms with Crippen LogP contribution in [0, 0.1) is 0 Å². The Bertz CT molecular complexity index is 430. The number of esters is 1. The summed E-state index contributed by atoms with van der Waals surface area (Å²) in [7, 11) is 1.36. The van der Waals surface area contributed by atoms with E-state index in [1.807, 2.05) is 0 Å². The molecule has 5 heteroatoms. The van der Waals surface area contributed by atoms with Crippen LogP contribution in [0.1, 0.15) is 23.2 Å². The van der Waals surface area contributed by atoms with Crippen LogP contribution in [0.15, 0.2) is 18.2 Å². The maximum absolute atomic E-state index is 11.4. The molecule has 2 rings (SSSR count). The van der Waals surface area contributed by atoms with E-state index >= 15 is 0 Å². The van der Waals surface area contributed by atoms with Gasteiger partial charge in [0.25, 0.3) is 0 Å². The number of nitrogens with two attached hydrogens (primary N) is 1. The lowest BCUT2D eigenvalue weighted by Gasteiger charge is -2.10. The molecule has 5 nitrogen and oxygen atoms in total. The molecule has 0 amide bonds. The van der Waals surface area contributed by atoms with Crippen molar-refractivity contribution in [1.29, 1.82) is 0 Å². The Hall–Kier alpha value is -1.75. The van der Waals surface area contributed by atoms with Gasteiger partial charge in [-0.05, 0) is 31.0 Å². The molecular formula is C13H18N2O3. The largest absolute Gasteiger partial charge is 0.465 e. The number of anilines is 2. The smallest absolute Gasteiger partial charge is 0.337 e. The normalized spacial score (nSPS) is 14.3. The van der Waals surface area contributed by atoms with Crippen LogP contribution in [-0.4, -0.2) is 32.3 Å². The van der Waals surface area contributed by atoms with E-state index in [4.69, 9.17) is 10.5 Å². The zero-order valence-corrected chi connectivity index (χ0v) is 10.4. The summed E-state index contributed by atoms with van der Waals surface area (Å²) in [5.41, 5.74) is 7.65. The predicted molar refractivity (Wildman–Crippen MR) is 69.7 cm³/mol. The second kappa shape index (κ2) is 5.73. The summed E-state index contributed by atoms with van der Waals surface area (Å²) in [6.07, 6.45) is 2.78. The van der Waals surface area contributed by atoms with Crippen molar-refractivity contribution in [3.05, 3.63) is 23.8 Å². The molecule has 1 aromatic carbocycles. The highest BCUT2D eigenvalue weighted by Crippen LogP contribution is 2.23. The molecule has 0 unspecified atom stereocenters. The van der Waals surface area contributed by atoms with Crippen LogP contribution in [-0.2, 0) is 9.47 Å². The minimum atomic E-state index is -0.368. The average molecular weight is 250 g/mol. The van der Waals surface area contributed by atoms with Gasteiger partial charge >= 0.3 is 5.97 Å². The first-order chi connectivity index (χ1) is 8.70. The Balaban J connectivity index is 1.90. The fourth-order valence-corrected chi connectivity index (χ4v) is 1.60. The van der Waals surface area contributed by atoms with Gasteiger partial charge in [0.15, 0.2) is 0 Å². The Morgan fingerprint density at radius 2 is 2.28 bits per heavy atom. The summed E-state index contributed by atoms with van der Waals surface area (Å²) < 4.78 is 10.2. The molecule has 0 atom stereocenters. The van der Waals surface area contributed by atoms with E-state index < -0.39 is 0 Å². The number of carbonyl (C=O) groups excluding carboxylic acids is 1. The number of benzene rings is 1. The number of carbonyl (C=O) groups is 1. The molecule has 18 heavy (non-hydrogen) atoms. The fourth-order valence-electron chi connectivity index (χ4n) is 1.60. The number of methoxy groups -OCH3 is 1. The highest BCUT2D eigenvalue weighted by atomic mass is 16.5. The SMILES string of the molecule is COC(=O)c1ccc(N)c(NCCOC2CC2)c1. The molecule has 1 aliphatic rings. The standard InChI is InChI=1S/C13H18N2O3/c1-17-13(16)9-2-5-11(14)12(8-9)15-6-7-18-10-3-4-10/h2,5,8,10,15H,3-4,6-7,14H2,1H3. The van der Waals surface area contributed by atoms with E-state index in [0.29, 0.717) is 30.5 Å². The van der Waals surface area contributed by atoms with Crippen LogP contribution in [0.5, 0.6) is 0 Å². The molecule has 0 aliphatic heterocycles. The number of ether oxygens (including phenoxy) is 2. The van der Waals surface area contributed by atoms with Crippen LogP contribution >= 0.6 is 0 Å². The molecule has 0 spiro atoms. The van der Waals surface area contributed by atoms with Crippen LogP contribution in [0.4, 0.5) is 11.4 Å². The number of nitrogen functional groups attached to an aromatic ring is 1. The average Bonchev–Trinajstić information content (AvgIpc) is 3.19. The fraction of sp³-hybridized carbons (Fsp3) is 0.462. The second-order valence-electron chi connectivity index (χ2n) is 4.29. The molecule has 0 bridgehead atoms. The van der Waals surface area contributed by atoms with E-state index in [9.17, 15) is 4.79 Å². The molecule has 1 saturated carbocycles. The Morgan fingerprint density at radius 1 is 1.50 bits per heavy atom. The van der Waals surface area contributed by atoms with Gasteiger partial charge in [-0.1, -0.05) is 0 Å². The van der Waals surface area contributed by atoms with Crippen molar-refractivity contribution in [3.8, 4) is 0 Å². The van der Waals surface area contributed by atoms with Gasteiger partial charge in [0.1, 0.15) is 0 Å². The molecule has 1 aliphatic carbocycles. The molecule has 1 aromatic rings. The maximum atomic E-state index is 11.4. The lowest BCUT2D eigenvalue weighted by atomic mass is 10.1. The van der Waals surface area contributed by atoms with Gasteiger partial charge in [0.2, 0.25) is 0 Å². The Labute approximate surface area is 106 Å². The molecule has 1 fully saturated rings. The van der Waals surface area contributed by atoms with Crippen molar-refractivity contribution in [1.82, 2.24) is 0 Å². The lowest BCUT2D eigenvalue weighted by Crippen LogP contribution is -2.12. The van der Waals surface area contributed by atoms with Crippen molar-refractivity contribution in [2.24, 2.45) is 0 Å². The monoisotopic (exact) mass is 250 g/mol. The minimum absolute atomic E-state index is 0.368. The third-order valence-electron chi connectivity index (χ3n) is 2.77. The van der Waals surface area contributed by atoms with E-state index in [2.05, 4.69) is 10.1 Å². The van der Waals surface area contributed by atoms with E-state index in [1.54, 1.807) is 18.2 Å². The highest BCUT2D eigenvalue weighted by molar-refractivity contribution is 5.91. The Kier molecular flexibility index (Phi) is 4.04. The molecule has 0 aromatic heterocycles. The van der Waals surface area contributed by atoms with Crippen molar-refractivity contribution in [2.45, 2.75) is 18.9 Å². The number of nitrogens with one attached hydrogen (secondary N) is 1. The summed E-state index contributed by atoms with van der Waals surface area (Å²) >= 11 is 0. The van der Waals surface area contributed by atoms with Gasteiger partial charge in [-0.2, -0.15) is 0 Å². The molecule has 98 valence electrons. The summed E-state index contributed by atoms with van der Waals surface area (Å²) in [4.78, 5) is 11.4. The van der Waals surface area contributed by atoms with Gasteiger partial charge in [0, 0.05) is 6.54 Å². The first-order valence-electron chi connectivity index (χ1n) is 6.04. The summed E-state index contributed by atoms with van der Waals surface area (Å²) in [6.45, 7) is 1.32. The summed E-state index contributed by atoms with van der Waals surface area (Å²) in [5, 5.41) is 3.16. The van der Waals surface area contributed by atoms with Gasteiger partial charge in [0.05, 0.1) is 36.8 Å². The molecule has 3 N–H and O–H groups in total. The van der Waals surface area contributed by atoms with Crippen molar-refractivity contribution in [2.75, 3.05) is 31.3 Å². The van der Waals surface area contributed by atoms with Crippen molar-refractivity contribution >= 4 is 17.3 Å². The molecule has 0 heterocycles. The van der Waals surface area contributed by atoms with Crippen LogP contribution in [0.2, 0.25) is 0 Å². The minimum Gasteiger partial charge on any atom is -0.465 e. The summed E-state index contributed by atoms with van der Waals surface area (Å²) in [6, 6.07) is 5.03. The van der Waals surface area contributed by atoms with Gasteiger partial charge < -0.3 is 20.5 Å². The molecule has 0 saturated heterocycles. The number of hydrogen-bond donors (Lipinski definition) is 2. The molecular weight excluding hydrogens is 232 g/mol. The van der Waals surface area contributed by atoms with Gasteiger partial charge in [-0.3, -0.25) is 0 Å². The van der Waals surface area contributed by atoms with E-state index in [-0.39, 0.29) is 5.97 Å². The van der Waals surface area contributed by atoms with Gasteiger partial charge in [-0.15, -0.1) is 0 Å². The highest BCUT2D eigenvalue weighted by Gasteiger charge is 2.21. The number of rotatable bonds is 6. The third-order valence-corrected chi connectivity index (χ3v) is 2.77. The predicted octanol–water partition coefficient (Wildman–Crippen LogP) is 1.65. The van der Waals surface area contributed by atoms with Crippen molar-refractivity contribution in [3.63, 3.8) is 0 Å². The van der Waals surface area contributed by atoms with Crippen LogP contribution in [0.25, 0.3) is 0 Å². The first-order valence-corrected chi connectivity index (χ1v) is 6.04. The van der Waals surface area contributed by atoms with Gasteiger partial charge in [-0.25, -0.2) is 4.79 Å². The summed E-state index contributed by atoms with van der Waals surface area (Å²) in [5.74, 6) is -0.368. The van der Waals surface area contributed by atoms with E-state index in [0.717, 1.165) is 5.69 Å². The zero-order chi connectivity index (χ0) is 13.0. The molecule has 0 radical (unpaired) electrons. The maximum Gasteiger partial charge on any atom is 0.337 e. The topological polar surface area (TPSA) is 73.6 Å². The third kappa shape index (κ3) is 3.37. The quantitative estimate of drug-likeness (QED) is 0.456. The first kappa shape index (κ1) is 12.7. The number of hydrogen-bond acceptors (Lipinski definition) is 5. The second-order valence-corrected chi connectivity index (χ2v) is 4.29. The lowest BCUT2D eigenvalue weighted by molar-refractivity contribution is 0.0601.